The lowest BCUT2D eigenvalue weighted by Gasteiger charge is -2.08. The molecular weight excluding hydrogens is 140 g/mol. The Morgan fingerprint density at radius 1 is 1.45 bits per heavy atom. The van der Waals surface area contributed by atoms with Crippen LogP contribution in [0, 0.1) is 12.8 Å². The van der Waals surface area contributed by atoms with Crippen LogP contribution in [0.15, 0.2) is 0 Å². The fourth-order valence-electron chi connectivity index (χ4n) is 0.964. The number of unbranched alkanes of at least 4 members (excludes halogenated alkanes) is 1. The van der Waals surface area contributed by atoms with Gasteiger partial charge < -0.3 is 11.5 Å². The fraction of sp³-hybridized carbons (Fsp3) is 0.750. The summed E-state index contributed by atoms with van der Waals surface area (Å²) in [7, 11) is 0. The minimum absolute atomic E-state index is 0.0541. The summed E-state index contributed by atoms with van der Waals surface area (Å²) in [5, 5.41) is 0. The Labute approximate surface area is 68.1 Å². The van der Waals surface area contributed by atoms with Crippen LogP contribution in [0.2, 0.25) is 0 Å². The molecule has 0 saturated heterocycles. The quantitative estimate of drug-likeness (QED) is 0.549. The van der Waals surface area contributed by atoms with Crippen molar-refractivity contribution in [3.05, 3.63) is 6.92 Å². The third-order valence-electron chi connectivity index (χ3n) is 1.76. The lowest BCUT2D eigenvalue weighted by atomic mass is 9.99. The number of hydrogen-bond acceptors (Lipinski definition) is 2. The summed E-state index contributed by atoms with van der Waals surface area (Å²) in [5.74, 6) is -0.293. The summed E-state index contributed by atoms with van der Waals surface area (Å²) in [6.45, 7) is 4.34. The monoisotopic (exact) mass is 157 g/mol. The van der Waals surface area contributed by atoms with Gasteiger partial charge in [-0.05, 0) is 25.8 Å². The highest BCUT2D eigenvalue weighted by atomic mass is 16.1. The number of nitrogens with two attached hydrogens (primary N) is 2. The SMILES string of the molecule is [CH2]CC(CCCCN)C(N)=O. The van der Waals surface area contributed by atoms with Crippen LogP contribution < -0.4 is 11.5 Å². The molecule has 0 bridgehead atoms. The highest BCUT2D eigenvalue weighted by Gasteiger charge is 2.11. The third-order valence-corrected chi connectivity index (χ3v) is 1.76. The maximum atomic E-state index is 10.7. The second-order valence-corrected chi connectivity index (χ2v) is 2.67. The zero-order chi connectivity index (χ0) is 8.69. The number of rotatable bonds is 6. The van der Waals surface area contributed by atoms with Crippen molar-refractivity contribution in [1.82, 2.24) is 0 Å². The van der Waals surface area contributed by atoms with Crippen LogP contribution in [0.5, 0.6) is 0 Å². The van der Waals surface area contributed by atoms with Crippen LogP contribution >= 0.6 is 0 Å². The fourth-order valence-corrected chi connectivity index (χ4v) is 0.964. The van der Waals surface area contributed by atoms with Crippen molar-refractivity contribution in [3.63, 3.8) is 0 Å². The summed E-state index contributed by atoms with van der Waals surface area (Å²) < 4.78 is 0. The Morgan fingerprint density at radius 2 is 2.09 bits per heavy atom. The van der Waals surface area contributed by atoms with Crippen molar-refractivity contribution >= 4 is 5.91 Å². The van der Waals surface area contributed by atoms with Gasteiger partial charge in [0, 0.05) is 5.92 Å². The lowest BCUT2D eigenvalue weighted by Crippen LogP contribution is -2.22. The first-order chi connectivity index (χ1) is 5.22. The summed E-state index contributed by atoms with van der Waals surface area (Å²) in [5.41, 5.74) is 10.4. The third kappa shape index (κ3) is 4.79. The van der Waals surface area contributed by atoms with Gasteiger partial charge in [0.25, 0.3) is 0 Å². The van der Waals surface area contributed by atoms with Crippen molar-refractivity contribution in [2.24, 2.45) is 17.4 Å². The Balaban J connectivity index is 3.44. The lowest BCUT2D eigenvalue weighted by molar-refractivity contribution is -0.121. The average molecular weight is 157 g/mol. The normalized spacial score (nSPS) is 12.9. The molecule has 1 unspecified atom stereocenters. The van der Waals surface area contributed by atoms with Crippen LogP contribution in [0.1, 0.15) is 25.7 Å². The predicted octanol–water partition coefficient (Wildman–Crippen LogP) is 0.441. The Kier molecular flexibility index (Phi) is 5.84. The molecule has 3 nitrogen and oxygen atoms in total. The van der Waals surface area contributed by atoms with Gasteiger partial charge in [0.05, 0.1) is 0 Å². The molecule has 0 aliphatic carbocycles. The van der Waals surface area contributed by atoms with Crippen LogP contribution in [0.4, 0.5) is 0 Å². The molecule has 0 rings (SSSR count). The summed E-state index contributed by atoms with van der Waals surface area (Å²) in [6, 6.07) is 0. The molecule has 0 saturated carbocycles. The first kappa shape index (κ1) is 10.4. The van der Waals surface area contributed by atoms with Crippen LogP contribution in [-0.4, -0.2) is 12.5 Å². The van der Waals surface area contributed by atoms with E-state index in [1.165, 1.54) is 0 Å². The highest BCUT2D eigenvalue weighted by molar-refractivity contribution is 5.76. The number of amides is 1. The molecule has 0 aromatic rings. The van der Waals surface area contributed by atoms with E-state index in [2.05, 4.69) is 6.92 Å². The smallest absolute Gasteiger partial charge is 0.220 e. The van der Waals surface area contributed by atoms with E-state index in [1.54, 1.807) is 0 Å². The van der Waals surface area contributed by atoms with E-state index in [-0.39, 0.29) is 11.8 Å². The van der Waals surface area contributed by atoms with Gasteiger partial charge in [0.2, 0.25) is 5.91 Å². The predicted molar refractivity (Wildman–Crippen MR) is 45.6 cm³/mol. The molecule has 3 heteroatoms. The van der Waals surface area contributed by atoms with E-state index in [1.807, 2.05) is 0 Å². The van der Waals surface area contributed by atoms with Crippen molar-refractivity contribution in [3.8, 4) is 0 Å². The molecular formula is C8H17N2O. The van der Waals surface area contributed by atoms with E-state index >= 15 is 0 Å². The van der Waals surface area contributed by atoms with Gasteiger partial charge in [0.1, 0.15) is 0 Å². The topological polar surface area (TPSA) is 69.1 Å². The molecule has 1 amide bonds. The number of carbonyl (C=O) groups excluding carboxylic acids is 1. The van der Waals surface area contributed by atoms with Gasteiger partial charge >= 0.3 is 0 Å². The van der Waals surface area contributed by atoms with E-state index in [0.717, 1.165) is 19.3 Å². The van der Waals surface area contributed by atoms with Gasteiger partial charge in [-0.3, -0.25) is 4.79 Å². The van der Waals surface area contributed by atoms with Crippen LogP contribution in [0.3, 0.4) is 0 Å². The molecule has 4 N–H and O–H groups in total. The highest BCUT2D eigenvalue weighted by Crippen LogP contribution is 2.10. The number of hydrogen-bond donors (Lipinski definition) is 2. The van der Waals surface area contributed by atoms with Crippen molar-refractivity contribution in [2.45, 2.75) is 25.7 Å². The Morgan fingerprint density at radius 3 is 2.45 bits per heavy atom. The molecule has 0 aromatic heterocycles. The molecule has 0 spiro atoms. The minimum atomic E-state index is -0.239. The van der Waals surface area contributed by atoms with Gasteiger partial charge in [-0.1, -0.05) is 13.3 Å². The van der Waals surface area contributed by atoms with Gasteiger partial charge in [-0.25, -0.2) is 0 Å². The average Bonchev–Trinajstić information content (AvgIpc) is 1.97. The van der Waals surface area contributed by atoms with Crippen molar-refractivity contribution in [2.75, 3.05) is 6.54 Å². The summed E-state index contributed by atoms with van der Waals surface area (Å²) in [4.78, 5) is 10.7. The van der Waals surface area contributed by atoms with E-state index in [0.29, 0.717) is 13.0 Å². The van der Waals surface area contributed by atoms with Crippen LogP contribution in [0.25, 0.3) is 0 Å². The Bertz CT molecular complexity index is 115. The second kappa shape index (κ2) is 6.16. The summed E-state index contributed by atoms with van der Waals surface area (Å²) in [6.07, 6.45) is 3.36. The van der Waals surface area contributed by atoms with Gasteiger partial charge in [0.15, 0.2) is 0 Å². The molecule has 0 aromatic carbocycles. The van der Waals surface area contributed by atoms with E-state index in [4.69, 9.17) is 11.5 Å². The van der Waals surface area contributed by atoms with E-state index < -0.39 is 0 Å². The van der Waals surface area contributed by atoms with Gasteiger partial charge in [-0.15, -0.1) is 0 Å². The van der Waals surface area contributed by atoms with Crippen molar-refractivity contribution < 1.29 is 4.79 Å². The standard InChI is InChI=1S/C8H17N2O/c1-2-7(8(10)11)5-3-4-6-9/h7H,1-6,9H2,(H2,10,11). The zero-order valence-corrected chi connectivity index (χ0v) is 6.88. The zero-order valence-electron chi connectivity index (χ0n) is 6.88. The van der Waals surface area contributed by atoms with Gasteiger partial charge in [-0.2, -0.15) is 0 Å². The molecule has 0 aliphatic heterocycles. The van der Waals surface area contributed by atoms with Crippen molar-refractivity contribution in [1.29, 1.82) is 0 Å². The summed E-state index contributed by atoms with van der Waals surface area (Å²) >= 11 is 0. The molecule has 11 heavy (non-hydrogen) atoms. The molecule has 65 valence electrons. The van der Waals surface area contributed by atoms with Crippen LogP contribution in [-0.2, 0) is 4.79 Å². The molecule has 1 radical (unpaired) electrons. The number of primary amides is 1. The molecule has 0 heterocycles. The second-order valence-electron chi connectivity index (χ2n) is 2.67. The maximum absolute atomic E-state index is 10.7. The molecule has 1 atom stereocenters. The molecule has 0 fully saturated rings. The molecule has 0 aliphatic rings. The first-order valence-electron chi connectivity index (χ1n) is 4.01. The van der Waals surface area contributed by atoms with E-state index in [9.17, 15) is 4.79 Å². The first-order valence-corrected chi connectivity index (χ1v) is 4.01. The number of carbonyl (C=O) groups is 1. The largest absolute Gasteiger partial charge is 0.369 e. The maximum Gasteiger partial charge on any atom is 0.220 e. The Hall–Kier alpha value is -0.570. The minimum Gasteiger partial charge on any atom is -0.369 e.